The van der Waals surface area contributed by atoms with Gasteiger partial charge in [0.05, 0.1) is 0 Å². The van der Waals surface area contributed by atoms with Gasteiger partial charge >= 0.3 is 0 Å². The first-order chi connectivity index (χ1) is 12.0. The Balaban J connectivity index is 2.21. The summed E-state index contributed by atoms with van der Waals surface area (Å²) in [5.41, 5.74) is 13.0. The molecule has 0 fully saturated rings. The predicted molar refractivity (Wildman–Crippen MR) is 110 cm³/mol. The van der Waals surface area contributed by atoms with Crippen LogP contribution >= 0.6 is 0 Å². The molecule has 0 unspecified atom stereocenters. The molecule has 3 aromatic carbocycles. The standard InChI is InChI=1S/C25H26/c1-15-16(2)18(4)24(19(5)17(15)3)25-22-12-8-6-10-20(22)14-21-11-7-9-13-23(21)25/h6-8,10-12,14H,9,13H2,1-5H3. The topological polar surface area (TPSA) is 0 Å². The van der Waals surface area contributed by atoms with Gasteiger partial charge in [0, 0.05) is 0 Å². The molecular weight excluding hydrogens is 300 g/mol. The smallest absolute Gasteiger partial charge is 0.00617 e. The Morgan fingerprint density at radius 1 is 0.720 bits per heavy atom. The van der Waals surface area contributed by atoms with Crippen LogP contribution in [0.4, 0.5) is 0 Å². The van der Waals surface area contributed by atoms with Gasteiger partial charge in [0.1, 0.15) is 0 Å². The minimum atomic E-state index is 1.14. The van der Waals surface area contributed by atoms with Crippen LogP contribution in [0.15, 0.2) is 36.4 Å². The highest BCUT2D eigenvalue weighted by atomic mass is 14.2. The Morgan fingerprint density at radius 2 is 1.36 bits per heavy atom. The Labute approximate surface area is 151 Å². The van der Waals surface area contributed by atoms with E-state index < -0.39 is 0 Å². The van der Waals surface area contributed by atoms with Gasteiger partial charge in [-0.05, 0) is 114 Å². The summed E-state index contributed by atoms with van der Waals surface area (Å²) in [4.78, 5) is 0. The first-order valence-electron chi connectivity index (χ1n) is 9.29. The van der Waals surface area contributed by atoms with Crippen molar-refractivity contribution in [3.05, 3.63) is 75.4 Å². The summed E-state index contributed by atoms with van der Waals surface area (Å²) in [6.07, 6.45) is 6.90. The third kappa shape index (κ3) is 2.35. The molecule has 0 aliphatic heterocycles. The second kappa shape index (κ2) is 5.88. The predicted octanol–water partition coefficient (Wildman–Crippen LogP) is 7.01. The zero-order valence-electron chi connectivity index (χ0n) is 16.0. The Morgan fingerprint density at radius 3 is 2.08 bits per heavy atom. The molecule has 0 aromatic heterocycles. The molecule has 0 heteroatoms. The molecule has 4 rings (SSSR count). The molecule has 0 N–H and O–H groups in total. The molecule has 0 bridgehead atoms. The fraction of sp³-hybridized carbons (Fsp3) is 0.280. The lowest BCUT2D eigenvalue weighted by atomic mass is 9.79. The van der Waals surface area contributed by atoms with Gasteiger partial charge in [-0.2, -0.15) is 0 Å². The molecule has 25 heavy (non-hydrogen) atoms. The van der Waals surface area contributed by atoms with E-state index in [1.54, 1.807) is 0 Å². The van der Waals surface area contributed by atoms with Crippen molar-refractivity contribution in [1.29, 1.82) is 0 Å². The van der Waals surface area contributed by atoms with Gasteiger partial charge < -0.3 is 0 Å². The van der Waals surface area contributed by atoms with Crippen molar-refractivity contribution >= 4 is 16.8 Å². The van der Waals surface area contributed by atoms with Crippen molar-refractivity contribution in [2.45, 2.75) is 47.5 Å². The van der Waals surface area contributed by atoms with Crippen molar-refractivity contribution < 1.29 is 0 Å². The molecule has 0 spiro atoms. The van der Waals surface area contributed by atoms with Gasteiger partial charge in [0.15, 0.2) is 0 Å². The third-order valence-corrected chi connectivity index (χ3v) is 6.30. The zero-order chi connectivity index (χ0) is 17.7. The highest BCUT2D eigenvalue weighted by Crippen LogP contribution is 2.42. The van der Waals surface area contributed by atoms with Crippen LogP contribution in [0.2, 0.25) is 0 Å². The summed E-state index contributed by atoms with van der Waals surface area (Å²) < 4.78 is 0. The lowest BCUT2D eigenvalue weighted by Gasteiger charge is -2.24. The van der Waals surface area contributed by atoms with Gasteiger partial charge in [0.25, 0.3) is 0 Å². The van der Waals surface area contributed by atoms with Gasteiger partial charge in [-0.3, -0.25) is 0 Å². The summed E-state index contributed by atoms with van der Waals surface area (Å²) in [6.45, 7) is 11.4. The highest BCUT2D eigenvalue weighted by molar-refractivity contribution is 6.02. The molecule has 0 nitrogen and oxygen atoms in total. The largest absolute Gasteiger partial charge is 0.0836 e. The van der Waals surface area contributed by atoms with E-state index in [1.165, 1.54) is 60.8 Å². The molecule has 0 heterocycles. The van der Waals surface area contributed by atoms with Crippen molar-refractivity contribution in [3.63, 3.8) is 0 Å². The van der Waals surface area contributed by atoms with E-state index in [1.807, 2.05) is 0 Å². The number of rotatable bonds is 1. The molecule has 0 saturated carbocycles. The second-order valence-electron chi connectivity index (χ2n) is 7.48. The number of benzene rings is 3. The second-order valence-corrected chi connectivity index (χ2v) is 7.48. The number of allylic oxidation sites excluding steroid dienone is 1. The average Bonchev–Trinajstić information content (AvgIpc) is 2.64. The lowest BCUT2D eigenvalue weighted by molar-refractivity contribution is 0.989. The maximum atomic E-state index is 2.36. The van der Waals surface area contributed by atoms with E-state index >= 15 is 0 Å². The van der Waals surface area contributed by atoms with Gasteiger partial charge in [0.2, 0.25) is 0 Å². The molecule has 3 aromatic rings. The van der Waals surface area contributed by atoms with Crippen LogP contribution < -0.4 is 0 Å². The van der Waals surface area contributed by atoms with Gasteiger partial charge in [-0.1, -0.05) is 36.4 Å². The highest BCUT2D eigenvalue weighted by Gasteiger charge is 2.21. The summed E-state index contributed by atoms with van der Waals surface area (Å²) in [7, 11) is 0. The number of hydrogen-bond acceptors (Lipinski definition) is 0. The van der Waals surface area contributed by atoms with Crippen LogP contribution in [0.1, 0.15) is 45.4 Å². The quantitative estimate of drug-likeness (QED) is 0.451. The van der Waals surface area contributed by atoms with E-state index in [0.717, 1.165) is 12.8 Å². The summed E-state index contributed by atoms with van der Waals surface area (Å²) in [5.74, 6) is 0. The Hall–Kier alpha value is -2.34. The average molecular weight is 326 g/mol. The van der Waals surface area contributed by atoms with Crippen molar-refractivity contribution in [2.75, 3.05) is 0 Å². The van der Waals surface area contributed by atoms with Crippen LogP contribution in [-0.2, 0) is 6.42 Å². The number of hydrogen-bond donors (Lipinski definition) is 0. The monoisotopic (exact) mass is 326 g/mol. The van der Waals surface area contributed by atoms with Gasteiger partial charge in [-0.25, -0.2) is 0 Å². The number of fused-ring (bicyclic) bond motifs is 2. The van der Waals surface area contributed by atoms with E-state index in [0.29, 0.717) is 0 Å². The molecule has 0 saturated heterocycles. The van der Waals surface area contributed by atoms with E-state index in [4.69, 9.17) is 0 Å². The maximum absolute atomic E-state index is 2.36. The summed E-state index contributed by atoms with van der Waals surface area (Å²) in [6, 6.07) is 11.2. The zero-order valence-corrected chi connectivity index (χ0v) is 16.0. The fourth-order valence-electron chi connectivity index (χ4n) is 4.43. The minimum Gasteiger partial charge on any atom is -0.0836 e. The SMILES string of the molecule is Cc1c(C)c(C)c(-c2c3c(cc4ccccc24)C=CCC3)c(C)c1C. The molecule has 1 aliphatic carbocycles. The maximum Gasteiger partial charge on any atom is -0.00617 e. The summed E-state index contributed by atoms with van der Waals surface area (Å²) in [5, 5.41) is 2.74. The van der Waals surface area contributed by atoms with E-state index in [9.17, 15) is 0 Å². The Kier molecular flexibility index (Phi) is 3.80. The van der Waals surface area contributed by atoms with Crippen LogP contribution in [0.25, 0.3) is 28.0 Å². The molecule has 0 atom stereocenters. The molecular formula is C25H26. The van der Waals surface area contributed by atoms with E-state index in [-0.39, 0.29) is 0 Å². The summed E-state index contributed by atoms with van der Waals surface area (Å²) >= 11 is 0. The van der Waals surface area contributed by atoms with Crippen molar-refractivity contribution in [3.8, 4) is 11.1 Å². The van der Waals surface area contributed by atoms with Crippen molar-refractivity contribution in [2.24, 2.45) is 0 Å². The fourth-order valence-corrected chi connectivity index (χ4v) is 4.43. The van der Waals surface area contributed by atoms with Crippen LogP contribution in [0, 0.1) is 34.6 Å². The van der Waals surface area contributed by atoms with Crippen LogP contribution in [0.5, 0.6) is 0 Å². The molecule has 0 radical (unpaired) electrons. The molecule has 126 valence electrons. The van der Waals surface area contributed by atoms with Crippen LogP contribution in [0.3, 0.4) is 0 Å². The normalized spacial score (nSPS) is 13.3. The third-order valence-electron chi connectivity index (χ3n) is 6.30. The first kappa shape index (κ1) is 16.1. The Bertz CT molecular complexity index is 1000. The molecule has 1 aliphatic rings. The van der Waals surface area contributed by atoms with E-state index in [2.05, 4.69) is 77.1 Å². The van der Waals surface area contributed by atoms with Crippen molar-refractivity contribution in [1.82, 2.24) is 0 Å². The minimum absolute atomic E-state index is 1.14. The van der Waals surface area contributed by atoms with Crippen LogP contribution in [-0.4, -0.2) is 0 Å². The molecule has 0 amide bonds. The van der Waals surface area contributed by atoms with Gasteiger partial charge in [-0.15, -0.1) is 0 Å². The first-order valence-corrected chi connectivity index (χ1v) is 9.29. The lowest BCUT2D eigenvalue weighted by Crippen LogP contribution is -2.04.